The van der Waals surface area contributed by atoms with Gasteiger partial charge in [0, 0.05) is 23.6 Å². The van der Waals surface area contributed by atoms with E-state index in [1.54, 1.807) is 13.8 Å². The summed E-state index contributed by atoms with van der Waals surface area (Å²) in [6, 6.07) is 1.11. The highest BCUT2D eigenvalue weighted by Gasteiger charge is 2.47. The number of nitro groups is 1. The number of aliphatic hydroxyl groups excluding tert-OH is 1. The molecule has 0 bridgehead atoms. The second-order valence-electron chi connectivity index (χ2n) is 5.31. The largest absolute Gasteiger partial charge is 0.392 e. The summed E-state index contributed by atoms with van der Waals surface area (Å²) in [5.41, 5.74) is -1.37. The minimum Gasteiger partial charge on any atom is -0.392 e. The van der Waals surface area contributed by atoms with Crippen molar-refractivity contribution in [2.24, 2.45) is 5.41 Å². The number of rotatable bonds is 3. The molecule has 0 radical (unpaired) electrons. The number of hydrogen-bond acceptors (Lipinski definition) is 4. The molecule has 1 aliphatic carbocycles. The van der Waals surface area contributed by atoms with Crippen LogP contribution < -0.4 is 5.32 Å². The van der Waals surface area contributed by atoms with Crippen molar-refractivity contribution in [2.45, 2.75) is 32.4 Å². The van der Waals surface area contributed by atoms with Gasteiger partial charge in [-0.2, -0.15) is 4.39 Å². The normalized spacial score (nSPS) is 24.7. The molecule has 7 heteroatoms. The molecule has 0 amide bonds. The number of benzene rings is 1. The maximum atomic E-state index is 13.6. The summed E-state index contributed by atoms with van der Waals surface area (Å²) >= 11 is 0. The van der Waals surface area contributed by atoms with Crippen LogP contribution in [0.3, 0.4) is 0 Å². The van der Waals surface area contributed by atoms with Gasteiger partial charge in [0.15, 0.2) is 0 Å². The molecular formula is C12H14F2N2O3. The Bertz CT molecular complexity index is 534. The molecule has 2 unspecified atom stereocenters. The van der Waals surface area contributed by atoms with Crippen molar-refractivity contribution < 1.29 is 18.8 Å². The molecule has 1 saturated carbocycles. The number of anilines is 1. The smallest absolute Gasteiger partial charge is 0.307 e. The van der Waals surface area contributed by atoms with Crippen LogP contribution in [-0.4, -0.2) is 22.2 Å². The Morgan fingerprint density at radius 3 is 2.53 bits per heavy atom. The third-order valence-electron chi connectivity index (χ3n) is 3.78. The summed E-state index contributed by atoms with van der Waals surface area (Å²) in [7, 11) is 0. The van der Waals surface area contributed by atoms with Crippen LogP contribution in [0.1, 0.15) is 20.3 Å². The van der Waals surface area contributed by atoms with Gasteiger partial charge >= 0.3 is 5.69 Å². The number of halogens is 2. The third-order valence-corrected chi connectivity index (χ3v) is 3.78. The van der Waals surface area contributed by atoms with Gasteiger partial charge < -0.3 is 10.4 Å². The fraction of sp³-hybridized carbons (Fsp3) is 0.500. The van der Waals surface area contributed by atoms with E-state index >= 15 is 0 Å². The van der Waals surface area contributed by atoms with Crippen molar-refractivity contribution in [1.82, 2.24) is 0 Å². The number of nitro benzene ring substituents is 1. The van der Waals surface area contributed by atoms with Crippen LogP contribution in [0.15, 0.2) is 12.1 Å². The topological polar surface area (TPSA) is 75.4 Å². The summed E-state index contributed by atoms with van der Waals surface area (Å²) < 4.78 is 26.8. The molecular weight excluding hydrogens is 258 g/mol. The predicted molar refractivity (Wildman–Crippen MR) is 64.8 cm³/mol. The Morgan fingerprint density at radius 1 is 1.42 bits per heavy atom. The van der Waals surface area contributed by atoms with E-state index in [9.17, 15) is 24.0 Å². The molecule has 2 N–H and O–H groups in total. The highest BCUT2D eigenvalue weighted by atomic mass is 19.1. The standard InChI is InChI=1S/C12H14F2N2O3/c1-12(2)10(5-11(12)17)15-8-4-9(16(18)19)7(14)3-6(8)13/h3-4,10-11,15,17H,5H2,1-2H3. The van der Waals surface area contributed by atoms with E-state index in [1.807, 2.05) is 0 Å². The molecule has 5 nitrogen and oxygen atoms in total. The molecule has 0 saturated heterocycles. The van der Waals surface area contributed by atoms with Crippen LogP contribution in [0.5, 0.6) is 0 Å². The van der Waals surface area contributed by atoms with Crippen LogP contribution in [0, 0.1) is 27.2 Å². The number of aliphatic hydroxyl groups is 1. The first-order valence-electron chi connectivity index (χ1n) is 5.81. The van der Waals surface area contributed by atoms with Gasteiger partial charge in [-0.3, -0.25) is 10.1 Å². The van der Waals surface area contributed by atoms with E-state index in [0.717, 1.165) is 6.07 Å². The third kappa shape index (κ3) is 2.25. The first-order valence-corrected chi connectivity index (χ1v) is 5.81. The van der Waals surface area contributed by atoms with E-state index in [0.29, 0.717) is 12.5 Å². The number of nitrogens with zero attached hydrogens (tertiary/aromatic N) is 1. The van der Waals surface area contributed by atoms with Crippen LogP contribution >= 0.6 is 0 Å². The Hall–Kier alpha value is -1.76. The van der Waals surface area contributed by atoms with Gasteiger partial charge in [-0.15, -0.1) is 0 Å². The van der Waals surface area contributed by atoms with Gasteiger partial charge in [-0.05, 0) is 6.42 Å². The summed E-state index contributed by atoms with van der Waals surface area (Å²) in [6.45, 7) is 3.60. The van der Waals surface area contributed by atoms with Crippen molar-refractivity contribution in [3.63, 3.8) is 0 Å². The fourth-order valence-corrected chi connectivity index (χ4v) is 2.12. The Balaban J connectivity index is 2.26. The van der Waals surface area contributed by atoms with Crippen molar-refractivity contribution in [3.05, 3.63) is 33.9 Å². The van der Waals surface area contributed by atoms with Gasteiger partial charge in [0.2, 0.25) is 5.82 Å². The zero-order valence-electron chi connectivity index (χ0n) is 10.5. The Morgan fingerprint density at radius 2 is 2.05 bits per heavy atom. The number of hydrogen-bond donors (Lipinski definition) is 2. The zero-order chi connectivity index (χ0) is 14.4. The van der Waals surface area contributed by atoms with Crippen LogP contribution in [-0.2, 0) is 0 Å². The minimum atomic E-state index is -1.21. The zero-order valence-corrected chi connectivity index (χ0v) is 10.5. The molecule has 0 spiro atoms. The van der Waals surface area contributed by atoms with Crippen LogP contribution in [0.4, 0.5) is 20.2 Å². The molecule has 1 fully saturated rings. The molecule has 1 aromatic carbocycles. The Labute approximate surface area is 108 Å². The van der Waals surface area contributed by atoms with E-state index in [1.165, 1.54) is 0 Å². The SMILES string of the molecule is CC1(C)C(O)CC1Nc1cc([N+](=O)[O-])c(F)cc1F. The van der Waals surface area contributed by atoms with Gasteiger partial charge in [0.1, 0.15) is 5.82 Å². The highest BCUT2D eigenvalue weighted by Crippen LogP contribution is 2.42. The van der Waals surface area contributed by atoms with E-state index in [-0.39, 0.29) is 11.7 Å². The van der Waals surface area contributed by atoms with Gasteiger partial charge in [-0.25, -0.2) is 4.39 Å². The fourth-order valence-electron chi connectivity index (χ4n) is 2.12. The maximum absolute atomic E-state index is 13.6. The molecule has 1 aromatic rings. The summed E-state index contributed by atoms with van der Waals surface area (Å²) in [5.74, 6) is -2.10. The van der Waals surface area contributed by atoms with E-state index in [4.69, 9.17) is 0 Å². The van der Waals surface area contributed by atoms with Gasteiger partial charge in [0.05, 0.1) is 16.7 Å². The average Bonchev–Trinajstić information content (AvgIpc) is 2.31. The molecule has 0 aromatic heterocycles. The number of nitrogens with one attached hydrogen (secondary N) is 1. The lowest BCUT2D eigenvalue weighted by Crippen LogP contribution is -2.57. The molecule has 0 heterocycles. The second-order valence-corrected chi connectivity index (χ2v) is 5.31. The molecule has 104 valence electrons. The van der Waals surface area contributed by atoms with E-state index < -0.39 is 33.8 Å². The summed E-state index contributed by atoms with van der Waals surface area (Å²) in [6.07, 6.45) is -0.0964. The predicted octanol–water partition coefficient (Wildman–Crippen LogP) is 2.44. The van der Waals surface area contributed by atoms with Crippen molar-refractivity contribution in [3.8, 4) is 0 Å². The molecule has 0 aliphatic heterocycles. The summed E-state index contributed by atoms with van der Waals surface area (Å²) in [5, 5.41) is 23.0. The first-order chi connectivity index (χ1) is 8.73. The minimum absolute atomic E-state index is 0.127. The van der Waals surface area contributed by atoms with Crippen molar-refractivity contribution in [1.29, 1.82) is 0 Å². The van der Waals surface area contributed by atoms with E-state index in [2.05, 4.69) is 5.32 Å². The molecule has 1 aliphatic rings. The van der Waals surface area contributed by atoms with Crippen molar-refractivity contribution >= 4 is 11.4 Å². The average molecular weight is 272 g/mol. The molecule has 2 atom stereocenters. The molecule has 2 rings (SSSR count). The van der Waals surface area contributed by atoms with Crippen molar-refractivity contribution in [2.75, 3.05) is 5.32 Å². The molecule has 19 heavy (non-hydrogen) atoms. The highest BCUT2D eigenvalue weighted by molar-refractivity contribution is 5.54. The van der Waals surface area contributed by atoms with Crippen LogP contribution in [0.25, 0.3) is 0 Å². The second kappa shape index (κ2) is 4.41. The van der Waals surface area contributed by atoms with Crippen LogP contribution in [0.2, 0.25) is 0 Å². The maximum Gasteiger partial charge on any atom is 0.307 e. The van der Waals surface area contributed by atoms with Gasteiger partial charge in [0.25, 0.3) is 0 Å². The monoisotopic (exact) mass is 272 g/mol. The van der Waals surface area contributed by atoms with Gasteiger partial charge in [-0.1, -0.05) is 13.8 Å². The first kappa shape index (κ1) is 13.7. The lowest BCUT2D eigenvalue weighted by Gasteiger charge is -2.49. The quantitative estimate of drug-likeness (QED) is 0.654. The lowest BCUT2D eigenvalue weighted by molar-refractivity contribution is -0.387. The lowest BCUT2D eigenvalue weighted by atomic mass is 9.64. The Kier molecular flexibility index (Phi) is 3.17. The summed E-state index contributed by atoms with van der Waals surface area (Å²) in [4.78, 5) is 9.71.